The molecule has 4 heteroatoms. The lowest BCUT2D eigenvalue weighted by atomic mass is 9.87. The number of ether oxygens (including phenoxy) is 1. The molecular weight excluding hydrogens is 230 g/mol. The molecule has 1 fully saturated rings. The Labute approximate surface area is 109 Å². The Morgan fingerprint density at radius 1 is 1.50 bits per heavy atom. The molecule has 1 heterocycles. The number of rotatable bonds is 4. The first-order valence-electron chi connectivity index (χ1n) is 6.49. The van der Waals surface area contributed by atoms with E-state index < -0.39 is 0 Å². The minimum absolute atomic E-state index is 0.00629. The zero-order valence-corrected chi connectivity index (χ0v) is 11.9. The molecule has 1 aliphatic rings. The molecule has 0 radical (unpaired) electrons. The summed E-state index contributed by atoms with van der Waals surface area (Å²) in [5, 5.41) is 12.1. The zero-order chi connectivity index (χ0) is 13.8. The van der Waals surface area contributed by atoms with Gasteiger partial charge in [-0.3, -0.25) is 4.79 Å². The number of amides is 1. The second kappa shape index (κ2) is 5.85. The maximum atomic E-state index is 12.0. The van der Waals surface area contributed by atoms with Crippen LogP contribution in [0, 0.1) is 5.41 Å². The van der Waals surface area contributed by atoms with Crippen LogP contribution in [0.4, 0.5) is 0 Å². The van der Waals surface area contributed by atoms with Gasteiger partial charge in [0, 0.05) is 19.3 Å². The number of aliphatic hydroxyl groups excluding tert-OH is 1. The van der Waals surface area contributed by atoms with Crippen LogP contribution in [0.1, 0.15) is 40.5 Å². The first-order valence-corrected chi connectivity index (χ1v) is 6.49. The highest BCUT2D eigenvalue weighted by Gasteiger charge is 2.35. The third kappa shape index (κ3) is 4.10. The van der Waals surface area contributed by atoms with E-state index in [0.717, 1.165) is 12.0 Å². The van der Waals surface area contributed by atoms with Gasteiger partial charge >= 0.3 is 0 Å². The van der Waals surface area contributed by atoms with Crippen LogP contribution in [-0.2, 0) is 9.53 Å². The fourth-order valence-electron chi connectivity index (χ4n) is 1.89. The van der Waals surface area contributed by atoms with Crippen LogP contribution in [0.5, 0.6) is 0 Å². The van der Waals surface area contributed by atoms with Crippen molar-refractivity contribution >= 4 is 5.91 Å². The van der Waals surface area contributed by atoms with E-state index >= 15 is 0 Å². The zero-order valence-electron chi connectivity index (χ0n) is 11.9. The lowest BCUT2D eigenvalue weighted by molar-refractivity contribution is -0.118. The molecule has 0 bridgehead atoms. The third-order valence-electron chi connectivity index (χ3n) is 3.61. The summed E-state index contributed by atoms with van der Waals surface area (Å²) in [7, 11) is 0. The molecule has 0 aromatic carbocycles. The van der Waals surface area contributed by atoms with Crippen LogP contribution in [0.3, 0.4) is 0 Å². The molecule has 0 aromatic rings. The highest BCUT2D eigenvalue weighted by Crippen LogP contribution is 2.25. The van der Waals surface area contributed by atoms with Gasteiger partial charge in [-0.25, -0.2) is 0 Å². The normalized spacial score (nSPS) is 25.3. The summed E-state index contributed by atoms with van der Waals surface area (Å²) >= 11 is 0. The van der Waals surface area contributed by atoms with Crippen molar-refractivity contribution in [1.29, 1.82) is 0 Å². The van der Waals surface area contributed by atoms with E-state index in [1.165, 1.54) is 0 Å². The van der Waals surface area contributed by atoms with Gasteiger partial charge in [0.1, 0.15) is 0 Å². The maximum absolute atomic E-state index is 12.0. The topological polar surface area (TPSA) is 58.6 Å². The van der Waals surface area contributed by atoms with E-state index in [4.69, 9.17) is 9.84 Å². The van der Waals surface area contributed by atoms with Gasteiger partial charge < -0.3 is 15.2 Å². The number of allylic oxidation sites excluding steroid dienone is 1. The molecule has 2 N–H and O–H groups in total. The van der Waals surface area contributed by atoms with Gasteiger partial charge in [-0.05, 0) is 25.2 Å². The lowest BCUT2D eigenvalue weighted by Gasteiger charge is -2.28. The van der Waals surface area contributed by atoms with E-state index in [2.05, 4.69) is 26.1 Å². The second-order valence-corrected chi connectivity index (χ2v) is 6.12. The van der Waals surface area contributed by atoms with Crippen molar-refractivity contribution in [2.45, 2.75) is 46.1 Å². The highest BCUT2D eigenvalue weighted by molar-refractivity contribution is 5.89. The Morgan fingerprint density at radius 2 is 2.17 bits per heavy atom. The molecule has 1 saturated heterocycles. The van der Waals surface area contributed by atoms with E-state index in [0.29, 0.717) is 19.6 Å². The Kier molecular flexibility index (Phi) is 4.93. The van der Waals surface area contributed by atoms with Gasteiger partial charge in [-0.2, -0.15) is 0 Å². The summed E-state index contributed by atoms with van der Waals surface area (Å²) in [5.74, 6) is -0.0959. The Morgan fingerprint density at radius 3 is 2.61 bits per heavy atom. The minimum Gasteiger partial charge on any atom is -0.396 e. The number of carbonyl (C=O) groups is 1. The largest absolute Gasteiger partial charge is 0.396 e. The Hall–Kier alpha value is -0.870. The van der Waals surface area contributed by atoms with Crippen LogP contribution in [0.2, 0.25) is 0 Å². The molecule has 1 atom stereocenters. The van der Waals surface area contributed by atoms with E-state index in [9.17, 15) is 4.79 Å². The third-order valence-corrected chi connectivity index (χ3v) is 3.61. The first-order chi connectivity index (χ1) is 8.29. The molecule has 0 aliphatic carbocycles. The molecule has 104 valence electrons. The fourth-order valence-corrected chi connectivity index (χ4v) is 1.89. The molecule has 4 nitrogen and oxygen atoms in total. The average molecular weight is 255 g/mol. The smallest absolute Gasteiger partial charge is 0.244 e. The number of hydrogen-bond acceptors (Lipinski definition) is 3. The van der Waals surface area contributed by atoms with E-state index in [1.54, 1.807) is 6.08 Å². The number of carbonyl (C=O) groups excluding carboxylic acids is 1. The van der Waals surface area contributed by atoms with Gasteiger partial charge in [0.15, 0.2) is 0 Å². The number of aliphatic hydroxyl groups is 1. The summed E-state index contributed by atoms with van der Waals surface area (Å²) in [4.78, 5) is 12.0. The predicted octanol–water partition coefficient (Wildman–Crippen LogP) is 1.64. The average Bonchev–Trinajstić information content (AvgIpc) is 2.65. The van der Waals surface area contributed by atoms with Crippen molar-refractivity contribution in [2.24, 2.45) is 5.41 Å². The first kappa shape index (κ1) is 15.2. The van der Waals surface area contributed by atoms with Gasteiger partial charge in [0.2, 0.25) is 5.91 Å². The molecule has 1 amide bonds. The lowest BCUT2D eigenvalue weighted by Crippen LogP contribution is -2.49. The molecule has 1 aliphatic heterocycles. The second-order valence-electron chi connectivity index (χ2n) is 6.12. The standard InChI is InChI=1S/C14H25NO3/c1-11(13(2,3)4)9-12(17)15-14(5-7-16)6-8-18-10-14/h9,16H,5-8,10H2,1-4H3,(H,15,17)/b11-9+. The molecule has 1 rings (SSSR count). The summed E-state index contributed by atoms with van der Waals surface area (Å²) in [6.07, 6.45) is 2.96. The van der Waals surface area contributed by atoms with Crippen LogP contribution in [0.25, 0.3) is 0 Å². The van der Waals surface area contributed by atoms with Crippen LogP contribution < -0.4 is 5.32 Å². The molecule has 18 heavy (non-hydrogen) atoms. The van der Waals surface area contributed by atoms with Gasteiger partial charge in [-0.1, -0.05) is 26.3 Å². The molecular formula is C14H25NO3. The van der Waals surface area contributed by atoms with Crippen molar-refractivity contribution in [3.05, 3.63) is 11.6 Å². The highest BCUT2D eigenvalue weighted by atomic mass is 16.5. The quantitative estimate of drug-likeness (QED) is 0.751. The minimum atomic E-state index is -0.388. The molecule has 0 aromatic heterocycles. The van der Waals surface area contributed by atoms with Crippen LogP contribution in [0.15, 0.2) is 11.6 Å². The van der Waals surface area contributed by atoms with Gasteiger partial charge in [0.05, 0.1) is 12.1 Å². The monoisotopic (exact) mass is 255 g/mol. The van der Waals surface area contributed by atoms with Crippen molar-refractivity contribution in [3.8, 4) is 0 Å². The maximum Gasteiger partial charge on any atom is 0.244 e. The fraction of sp³-hybridized carbons (Fsp3) is 0.786. The van der Waals surface area contributed by atoms with E-state index in [1.807, 2.05) is 6.92 Å². The van der Waals surface area contributed by atoms with Crippen molar-refractivity contribution < 1.29 is 14.6 Å². The molecule has 0 saturated carbocycles. The Balaban J connectivity index is 2.68. The molecule has 0 spiro atoms. The van der Waals surface area contributed by atoms with Gasteiger partial charge in [-0.15, -0.1) is 0 Å². The van der Waals surface area contributed by atoms with Crippen molar-refractivity contribution in [2.75, 3.05) is 19.8 Å². The van der Waals surface area contributed by atoms with E-state index in [-0.39, 0.29) is 23.5 Å². The van der Waals surface area contributed by atoms with Crippen molar-refractivity contribution in [1.82, 2.24) is 5.32 Å². The SMILES string of the molecule is C/C(=C\C(=O)NC1(CCO)CCOC1)C(C)(C)C. The number of hydrogen-bond donors (Lipinski definition) is 2. The number of nitrogens with one attached hydrogen (secondary N) is 1. The predicted molar refractivity (Wildman–Crippen MR) is 71.2 cm³/mol. The summed E-state index contributed by atoms with van der Waals surface area (Å²) < 4.78 is 5.34. The van der Waals surface area contributed by atoms with Gasteiger partial charge in [0.25, 0.3) is 0 Å². The van der Waals surface area contributed by atoms with Crippen molar-refractivity contribution in [3.63, 3.8) is 0 Å². The molecule has 1 unspecified atom stereocenters. The summed E-state index contributed by atoms with van der Waals surface area (Å²) in [6, 6.07) is 0. The summed E-state index contributed by atoms with van der Waals surface area (Å²) in [5.41, 5.74) is 0.645. The van der Waals surface area contributed by atoms with Crippen LogP contribution >= 0.6 is 0 Å². The Bertz CT molecular complexity index is 322. The van der Waals surface area contributed by atoms with Crippen LogP contribution in [-0.4, -0.2) is 36.4 Å². The summed E-state index contributed by atoms with van der Waals surface area (Å²) in [6.45, 7) is 9.38.